The number of aliphatic carboxylic acids is 1. The lowest BCUT2D eigenvalue weighted by Gasteiger charge is -2.22. The molecule has 1 atom stereocenters. The van der Waals surface area contributed by atoms with E-state index in [0.717, 1.165) is 25.7 Å². The Hall–Kier alpha value is -0.670. The Morgan fingerprint density at radius 2 is 1.62 bits per heavy atom. The van der Waals surface area contributed by atoms with Crippen LogP contribution in [0.25, 0.3) is 0 Å². The first-order valence-electron chi connectivity index (χ1n) is 9.81. The molecule has 0 aromatic carbocycles. The third-order valence-electron chi connectivity index (χ3n) is 3.43. The molecule has 0 spiro atoms. The lowest BCUT2D eigenvalue weighted by Crippen LogP contribution is -2.42. The van der Waals surface area contributed by atoms with Crippen LogP contribution in [0, 0.1) is 0 Å². The number of carbonyl (C=O) groups is 2. The van der Waals surface area contributed by atoms with Crippen molar-refractivity contribution in [1.82, 2.24) is 10.6 Å². The van der Waals surface area contributed by atoms with Crippen LogP contribution in [0.5, 0.6) is 0 Å². The standard InChI is InChI=1S/C18H35N2O6PS2/c1-13(2)25-27(24,26-14(3)4)11-9-7-6-8-10-19-18(28)29-12-16(17(22)23)20-15(5)21/h13-14,16H,6-12H2,1-5H3,(H,19,28)(H,20,21)(H,22,23)/t16-/m0/s1. The summed E-state index contributed by atoms with van der Waals surface area (Å²) in [7, 11) is -3.06. The van der Waals surface area contributed by atoms with Crippen LogP contribution in [-0.4, -0.2) is 58.0 Å². The maximum absolute atomic E-state index is 12.7. The molecule has 0 aliphatic rings. The summed E-state index contributed by atoms with van der Waals surface area (Å²) < 4.78 is 24.3. The van der Waals surface area contributed by atoms with E-state index < -0.39 is 19.6 Å². The topological polar surface area (TPSA) is 114 Å². The maximum Gasteiger partial charge on any atom is 0.331 e. The summed E-state index contributed by atoms with van der Waals surface area (Å²) in [6.45, 7) is 9.33. The number of rotatable bonds is 15. The van der Waals surface area contributed by atoms with Gasteiger partial charge in [0.25, 0.3) is 0 Å². The summed E-state index contributed by atoms with van der Waals surface area (Å²) in [6, 6.07) is -0.964. The molecule has 170 valence electrons. The minimum absolute atomic E-state index is 0.145. The second-order valence-electron chi connectivity index (χ2n) is 7.17. The average molecular weight is 471 g/mol. The van der Waals surface area contributed by atoms with E-state index in [0.29, 0.717) is 17.0 Å². The zero-order chi connectivity index (χ0) is 22.4. The fourth-order valence-electron chi connectivity index (χ4n) is 2.38. The van der Waals surface area contributed by atoms with Crippen LogP contribution in [0.4, 0.5) is 0 Å². The third-order valence-corrected chi connectivity index (χ3v) is 7.18. The predicted octanol–water partition coefficient (Wildman–Crippen LogP) is 3.79. The average Bonchev–Trinajstić information content (AvgIpc) is 2.55. The fraction of sp³-hybridized carbons (Fsp3) is 0.833. The van der Waals surface area contributed by atoms with Crippen molar-refractivity contribution >= 4 is 47.8 Å². The number of hydrogen-bond donors (Lipinski definition) is 3. The SMILES string of the molecule is CC(=O)N[C@@H](CSC(=S)NCCCCCCP(=O)(OC(C)C)OC(C)C)C(=O)O. The molecule has 0 aliphatic heterocycles. The van der Waals surface area contributed by atoms with Gasteiger partial charge in [-0.1, -0.05) is 36.8 Å². The minimum atomic E-state index is -3.06. The van der Waals surface area contributed by atoms with Gasteiger partial charge in [-0.2, -0.15) is 0 Å². The Morgan fingerprint density at radius 3 is 2.10 bits per heavy atom. The molecule has 0 saturated heterocycles. The van der Waals surface area contributed by atoms with Gasteiger partial charge < -0.3 is 24.8 Å². The number of thiocarbonyl (C=S) groups is 1. The van der Waals surface area contributed by atoms with Crippen LogP contribution >= 0.6 is 31.6 Å². The summed E-state index contributed by atoms with van der Waals surface area (Å²) in [5.74, 6) is -1.31. The van der Waals surface area contributed by atoms with Crippen molar-refractivity contribution in [2.45, 2.75) is 78.6 Å². The van der Waals surface area contributed by atoms with Crippen molar-refractivity contribution in [1.29, 1.82) is 0 Å². The summed E-state index contributed by atoms with van der Waals surface area (Å²) in [6.07, 6.45) is 3.60. The van der Waals surface area contributed by atoms with Crippen molar-refractivity contribution in [3.8, 4) is 0 Å². The molecule has 0 rings (SSSR count). The molecule has 0 aromatic heterocycles. The lowest BCUT2D eigenvalue weighted by atomic mass is 10.2. The van der Waals surface area contributed by atoms with Crippen molar-refractivity contribution < 1.29 is 28.3 Å². The highest BCUT2D eigenvalue weighted by molar-refractivity contribution is 8.23. The Kier molecular flexibility index (Phi) is 14.8. The Balaban J connectivity index is 4.00. The van der Waals surface area contributed by atoms with Gasteiger partial charge >= 0.3 is 13.6 Å². The Bertz CT molecular complexity index is 561. The van der Waals surface area contributed by atoms with Gasteiger partial charge in [-0.25, -0.2) is 4.79 Å². The van der Waals surface area contributed by atoms with Crippen LogP contribution in [0.15, 0.2) is 0 Å². The van der Waals surface area contributed by atoms with E-state index in [2.05, 4.69) is 10.6 Å². The largest absolute Gasteiger partial charge is 0.480 e. The van der Waals surface area contributed by atoms with E-state index in [9.17, 15) is 14.2 Å². The van der Waals surface area contributed by atoms with Gasteiger partial charge in [0.1, 0.15) is 10.4 Å². The molecule has 29 heavy (non-hydrogen) atoms. The number of thioether (sulfide) groups is 1. The highest BCUT2D eigenvalue weighted by Crippen LogP contribution is 2.51. The third kappa shape index (κ3) is 15.8. The van der Waals surface area contributed by atoms with Crippen LogP contribution in [0.1, 0.15) is 60.3 Å². The van der Waals surface area contributed by atoms with Gasteiger partial charge in [-0.3, -0.25) is 9.36 Å². The lowest BCUT2D eigenvalue weighted by molar-refractivity contribution is -0.140. The van der Waals surface area contributed by atoms with Crippen LogP contribution < -0.4 is 10.6 Å². The number of hydrogen-bond acceptors (Lipinski definition) is 7. The molecule has 0 unspecified atom stereocenters. The summed E-state index contributed by atoms with van der Waals surface area (Å²) >= 11 is 6.37. The monoisotopic (exact) mass is 470 g/mol. The zero-order valence-corrected chi connectivity index (χ0v) is 20.5. The number of carboxylic acids is 1. The first kappa shape index (κ1) is 28.3. The normalized spacial score (nSPS) is 12.8. The van der Waals surface area contributed by atoms with Crippen molar-refractivity contribution in [2.24, 2.45) is 0 Å². The number of unbranched alkanes of at least 4 members (excludes halogenated alkanes) is 3. The maximum atomic E-state index is 12.7. The van der Waals surface area contributed by atoms with E-state index >= 15 is 0 Å². The summed E-state index contributed by atoms with van der Waals surface area (Å²) in [4.78, 5) is 22.1. The molecule has 3 N–H and O–H groups in total. The minimum Gasteiger partial charge on any atom is -0.480 e. The molecule has 0 bridgehead atoms. The Morgan fingerprint density at radius 1 is 1.07 bits per heavy atom. The van der Waals surface area contributed by atoms with Crippen molar-refractivity contribution in [3.05, 3.63) is 0 Å². The second kappa shape index (κ2) is 15.2. The smallest absolute Gasteiger partial charge is 0.331 e. The second-order valence-corrected chi connectivity index (χ2v) is 11.0. The predicted molar refractivity (Wildman–Crippen MR) is 122 cm³/mol. The van der Waals surface area contributed by atoms with Crippen molar-refractivity contribution in [3.63, 3.8) is 0 Å². The highest BCUT2D eigenvalue weighted by atomic mass is 32.2. The zero-order valence-electron chi connectivity index (χ0n) is 17.9. The molecule has 0 aromatic rings. The number of carbonyl (C=O) groups excluding carboxylic acids is 1. The van der Waals surface area contributed by atoms with Crippen LogP contribution in [-0.2, 0) is 23.2 Å². The van der Waals surface area contributed by atoms with Crippen LogP contribution in [0.2, 0.25) is 0 Å². The molecule has 8 nitrogen and oxygen atoms in total. The van der Waals surface area contributed by atoms with Gasteiger partial charge in [-0.05, 0) is 40.5 Å². The van der Waals surface area contributed by atoms with Gasteiger partial charge in [0.05, 0.1) is 18.4 Å². The van der Waals surface area contributed by atoms with E-state index in [4.69, 9.17) is 26.4 Å². The quantitative estimate of drug-likeness (QED) is 0.187. The van der Waals surface area contributed by atoms with E-state index in [-0.39, 0.29) is 23.9 Å². The molecule has 0 saturated carbocycles. The molecule has 0 fully saturated rings. The van der Waals surface area contributed by atoms with Gasteiger partial charge in [-0.15, -0.1) is 0 Å². The first-order chi connectivity index (χ1) is 13.4. The summed E-state index contributed by atoms with van der Waals surface area (Å²) in [5, 5.41) is 14.5. The highest BCUT2D eigenvalue weighted by Gasteiger charge is 2.26. The molecule has 1 amide bonds. The number of nitrogens with one attached hydrogen (secondary N) is 2. The number of carboxylic acid groups (broad SMARTS) is 1. The molecular formula is C18H35N2O6PS2. The first-order valence-corrected chi connectivity index (χ1v) is 12.9. The molecular weight excluding hydrogens is 435 g/mol. The van der Waals surface area contributed by atoms with Gasteiger partial charge in [0.2, 0.25) is 5.91 Å². The van der Waals surface area contributed by atoms with Crippen molar-refractivity contribution in [2.75, 3.05) is 18.5 Å². The fourth-order valence-corrected chi connectivity index (χ4v) is 5.59. The van der Waals surface area contributed by atoms with Gasteiger partial charge in [0, 0.05) is 19.2 Å². The van der Waals surface area contributed by atoms with E-state index in [1.807, 2.05) is 27.7 Å². The van der Waals surface area contributed by atoms with Gasteiger partial charge in [0.15, 0.2) is 0 Å². The Labute approximate surface area is 183 Å². The number of amides is 1. The van der Waals surface area contributed by atoms with E-state index in [1.54, 1.807) is 0 Å². The van der Waals surface area contributed by atoms with E-state index in [1.165, 1.54) is 18.7 Å². The summed E-state index contributed by atoms with van der Waals surface area (Å²) in [5.41, 5.74) is 0. The molecule has 0 radical (unpaired) electrons. The molecule has 0 aliphatic carbocycles. The van der Waals surface area contributed by atoms with Crippen LogP contribution in [0.3, 0.4) is 0 Å². The molecule has 0 heterocycles. The molecule has 11 heteroatoms.